The van der Waals surface area contributed by atoms with Crippen molar-refractivity contribution in [2.24, 2.45) is 0 Å². The van der Waals surface area contributed by atoms with Gasteiger partial charge in [0, 0.05) is 6.42 Å². The fourth-order valence-corrected chi connectivity index (χ4v) is 0.333. The fourth-order valence-electron chi connectivity index (χ4n) is 0.333. The van der Waals surface area contributed by atoms with Crippen LogP contribution in [0.3, 0.4) is 0 Å². The smallest absolute Gasteiger partial charge is 0.338 e. The van der Waals surface area contributed by atoms with Gasteiger partial charge in [-0.3, -0.25) is 4.79 Å². The highest BCUT2D eigenvalue weighted by molar-refractivity contribution is 6.15. The predicted molar refractivity (Wildman–Crippen MR) is 32.1 cm³/mol. The van der Waals surface area contributed by atoms with E-state index in [2.05, 4.69) is 6.58 Å². The minimum Gasteiger partial charge on any atom is -0.478 e. The van der Waals surface area contributed by atoms with E-state index in [1.165, 1.54) is 0 Å². The van der Waals surface area contributed by atoms with Gasteiger partial charge in [-0.15, -0.1) is 0 Å². The number of Topliss-reactive ketones (excluding diaryl/α,β-unsaturated/α-hetero) is 1. The Labute approximate surface area is 53.0 Å². The summed E-state index contributed by atoms with van der Waals surface area (Å²) in [7, 11) is 0. The number of hydrogen-bond donors (Lipinski definition) is 1. The zero-order valence-corrected chi connectivity index (χ0v) is 5.18. The average molecular weight is 128 g/mol. The Balaban J connectivity index is 4.05. The van der Waals surface area contributed by atoms with Crippen molar-refractivity contribution in [2.45, 2.75) is 13.3 Å². The van der Waals surface area contributed by atoms with Gasteiger partial charge in [0.05, 0.1) is 5.57 Å². The summed E-state index contributed by atoms with van der Waals surface area (Å²) in [5, 5.41) is 8.16. The Hall–Kier alpha value is -1.12. The lowest BCUT2D eigenvalue weighted by atomic mass is 10.1. The molecule has 0 aliphatic carbocycles. The number of ketones is 1. The van der Waals surface area contributed by atoms with Crippen LogP contribution in [0.5, 0.6) is 0 Å². The lowest BCUT2D eigenvalue weighted by Gasteiger charge is -1.92. The van der Waals surface area contributed by atoms with Crippen molar-refractivity contribution in [3.05, 3.63) is 12.2 Å². The van der Waals surface area contributed by atoms with Crippen molar-refractivity contribution in [2.75, 3.05) is 0 Å². The van der Waals surface area contributed by atoms with Crippen LogP contribution in [-0.2, 0) is 9.59 Å². The molecule has 0 aromatic heterocycles. The topological polar surface area (TPSA) is 54.4 Å². The molecule has 0 saturated carbocycles. The highest BCUT2D eigenvalue weighted by atomic mass is 16.4. The van der Waals surface area contributed by atoms with Crippen LogP contribution in [-0.4, -0.2) is 16.9 Å². The number of carbonyl (C=O) groups excluding carboxylic acids is 1. The van der Waals surface area contributed by atoms with Gasteiger partial charge in [0.1, 0.15) is 0 Å². The van der Waals surface area contributed by atoms with Gasteiger partial charge in [-0.25, -0.2) is 4.79 Å². The number of rotatable bonds is 3. The Morgan fingerprint density at radius 2 is 2.00 bits per heavy atom. The molecule has 0 atom stereocenters. The minimum atomic E-state index is -1.23. The summed E-state index contributed by atoms with van der Waals surface area (Å²) < 4.78 is 0. The second-order valence-corrected chi connectivity index (χ2v) is 1.56. The highest BCUT2D eigenvalue weighted by Gasteiger charge is 2.10. The first-order valence-electron chi connectivity index (χ1n) is 2.55. The van der Waals surface area contributed by atoms with Gasteiger partial charge in [-0.1, -0.05) is 13.5 Å². The molecule has 0 aliphatic rings. The molecular weight excluding hydrogens is 120 g/mol. The van der Waals surface area contributed by atoms with Gasteiger partial charge in [-0.05, 0) is 0 Å². The summed E-state index contributed by atoms with van der Waals surface area (Å²) in [6.07, 6.45) is 0.200. The van der Waals surface area contributed by atoms with E-state index in [0.717, 1.165) is 0 Å². The van der Waals surface area contributed by atoms with Crippen LogP contribution in [0.15, 0.2) is 12.2 Å². The molecular formula is C6H8O3. The molecule has 0 saturated heterocycles. The van der Waals surface area contributed by atoms with Gasteiger partial charge in [0.2, 0.25) is 0 Å². The number of carboxylic acids is 1. The third kappa shape index (κ3) is 2.08. The SMILES string of the molecule is C=C(C(=O)O)C(=O)CC. The Morgan fingerprint density at radius 3 is 2.11 bits per heavy atom. The van der Waals surface area contributed by atoms with E-state index in [1.54, 1.807) is 6.92 Å². The standard InChI is InChI=1S/C6H8O3/c1-3-5(7)4(2)6(8)9/h2-3H2,1H3,(H,8,9). The molecule has 0 aromatic carbocycles. The van der Waals surface area contributed by atoms with Crippen LogP contribution in [0.1, 0.15) is 13.3 Å². The van der Waals surface area contributed by atoms with E-state index >= 15 is 0 Å². The molecule has 3 heteroatoms. The molecule has 0 radical (unpaired) electrons. The molecule has 9 heavy (non-hydrogen) atoms. The minimum absolute atomic E-state index is 0.200. The van der Waals surface area contributed by atoms with E-state index in [0.29, 0.717) is 0 Å². The van der Waals surface area contributed by atoms with Crippen LogP contribution in [0.25, 0.3) is 0 Å². The number of aliphatic carboxylic acids is 1. The average Bonchev–Trinajstić information content (AvgIpc) is 1.84. The third-order valence-corrected chi connectivity index (χ3v) is 0.916. The zero-order chi connectivity index (χ0) is 7.44. The molecule has 3 nitrogen and oxygen atoms in total. The number of carbonyl (C=O) groups is 2. The van der Waals surface area contributed by atoms with E-state index in [4.69, 9.17) is 5.11 Å². The molecule has 0 fully saturated rings. The van der Waals surface area contributed by atoms with Crippen LogP contribution in [0, 0.1) is 0 Å². The van der Waals surface area contributed by atoms with Gasteiger partial charge in [-0.2, -0.15) is 0 Å². The van der Waals surface area contributed by atoms with Gasteiger partial charge in [0.25, 0.3) is 0 Å². The molecule has 0 amide bonds. The van der Waals surface area contributed by atoms with E-state index in [1.807, 2.05) is 0 Å². The maximum Gasteiger partial charge on any atom is 0.338 e. The Kier molecular flexibility index (Phi) is 2.64. The Bertz CT molecular complexity index is 158. The molecule has 1 N–H and O–H groups in total. The van der Waals surface area contributed by atoms with E-state index < -0.39 is 11.8 Å². The number of carboxylic acid groups (broad SMARTS) is 1. The van der Waals surface area contributed by atoms with Crippen molar-refractivity contribution in [3.63, 3.8) is 0 Å². The first kappa shape index (κ1) is 7.88. The van der Waals surface area contributed by atoms with Gasteiger partial charge >= 0.3 is 5.97 Å². The monoisotopic (exact) mass is 128 g/mol. The van der Waals surface area contributed by atoms with Crippen LogP contribution >= 0.6 is 0 Å². The summed E-state index contributed by atoms with van der Waals surface area (Å²) in [5.74, 6) is -1.65. The third-order valence-electron chi connectivity index (χ3n) is 0.916. The van der Waals surface area contributed by atoms with E-state index in [9.17, 15) is 9.59 Å². The van der Waals surface area contributed by atoms with Crippen LogP contribution < -0.4 is 0 Å². The lowest BCUT2D eigenvalue weighted by molar-refractivity contribution is -0.134. The van der Waals surface area contributed by atoms with Crippen molar-refractivity contribution < 1.29 is 14.7 Å². The molecule has 0 bridgehead atoms. The Morgan fingerprint density at radius 1 is 1.56 bits per heavy atom. The quantitative estimate of drug-likeness (QED) is 0.344. The summed E-state index contributed by atoms with van der Waals surface area (Å²) in [6.45, 7) is 4.67. The molecule has 0 spiro atoms. The lowest BCUT2D eigenvalue weighted by Crippen LogP contribution is -2.09. The van der Waals surface area contributed by atoms with Gasteiger partial charge < -0.3 is 5.11 Å². The van der Waals surface area contributed by atoms with Gasteiger partial charge in [0.15, 0.2) is 5.78 Å². The maximum atomic E-state index is 10.5. The first-order chi connectivity index (χ1) is 4.09. The molecule has 50 valence electrons. The molecule has 0 heterocycles. The van der Waals surface area contributed by atoms with Crippen molar-refractivity contribution in [1.82, 2.24) is 0 Å². The summed E-state index contributed by atoms with van der Waals surface area (Å²) in [5.41, 5.74) is -0.336. The number of hydrogen-bond acceptors (Lipinski definition) is 2. The predicted octanol–water partition coefficient (Wildman–Crippen LogP) is 0.606. The first-order valence-corrected chi connectivity index (χ1v) is 2.55. The highest BCUT2D eigenvalue weighted by Crippen LogP contribution is 1.94. The van der Waals surface area contributed by atoms with Crippen LogP contribution in [0.4, 0.5) is 0 Å². The van der Waals surface area contributed by atoms with Crippen molar-refractivity contribution in [1.29, 1.82) is 0 Å². The second kappa shape index (κ2) is 3.02. The second-order valence-electron chi connectivity index (χ2n) is 1.56. The molecule has 0 aliphatic heterocycles. The normalized spacial score (nSPS) is 8.56. The largest absolute Gasteiger partial charge is 0.478 e. The molecule has 0 aromatic rings. The summed E-state index contributed by atoms with van der Waals surface area (Å²) in [6, 6.07) is 0. The zero-order valence-electron chi connectivity index (χ0n) is 5.18. The van der Waals surface area contributed by atoms with Crippen molar-refractivity contribution >= 4 is 11.8 Å². The summed E-state index contributed by atoms with van der Waals surface area (Å²) in [4.78, 5) is 20.5. The maximum absolute atomic E-state index is 10.5. The summed E-state index contributed by atoms with van der Waals surface area (Å²) >= 11 is 0. The molecule has 0 unspecified atom stereocenters. The molecule has 0 rings (SSSR count). The van der Waals surface area contributed by atoms with Crippen LogP contribution in [0.2, 0.25) is 0 Å². The fraction of sp³-hybridized carbons (Fsp3) is 0.333. The van der Waals surface area contributed by atoms with Crippen molar-refractivity contribution in [3.8, 4) is 0 Å². The van der Waals surface area contributed by atoms with E-state index in [-0.39, 0.29) is 12.0 Å².